The Labute approximate surface area is 141 Å². The van der Waals surface area contributed by atoms with E-state index in [2.05, 4.69) is 11.8 Å². The highest BCUT2D eigenvalue weighted by Crippen LogP contribution is 2.25. The monoisotopic (exact) mass is 351 g/mol. The van der Waals surface area contributed by atoms with Crippen LogP contribution >= 0.6 is 0 Å². The second-order valence-electron chi connectivity index (χ2n) is 5.96. The van der Waals surface area contributed by atoms with Crippen molar-refractivity contribution in [3.8, 4) is 0 Å². The molecule has 2 amide bonds. The Morgan fingerprint density at radius 1 is 0.917 bits per heavy atom. The molecule has 2 fully saturated rings. The van der Waals surface area contributed by atoms with Gasteiger partial charge in [-0.2, -0.15) is 4.31 Å². The molecule has 2 aliphatic heterocycles. The molecule has 8 heteroatoms. The third-order valence-electron chi connectivity index (χ3n) is 4.56. The van der Waals surface area contributed by atoms with Gasteiger partial charge in [0.2, 0.25) is 21.8 Å². The molecule has 130 valence electrons. The number of benzene rings is 1. The molecule has 1 aromatic rings. The van der Waals surface area contributed by atoms with Crippen LogP contribution in [-0.2, 0) is 19.6 Å². The highest BCUT2D eigenvalue weighted by Gasteiger charge is 2.31. The van der Waals surface area contributed by atoms with Gasteiger partial charge in [0.1, 0.15) is 0 Å². The Kier molecular flexibility index (Phi) is 4.71. The van der Waals surface area contributed by atoms with Gasteiger partial charge in [-0.05, 0) is 30.8 Å². The molecular weight excluding hydrogens is 330 g/mol. The fraction of sp³-hybridized carbons (Fsp3) is 0.500. The van der Waals surface area contributed by atoms with Crippen molar-refractivity contribution in [2.24, 2.45) is 0 Å². The number of piperazine rings is 1. The number of imide groups is 1. The fourth-order valence-electron chi connectivity index (χ4n) is 3.07. The quantitative estimate of drug-likeness (QED) is 0.745. The zero-order valence-corrected chi connectivity index (χ0v) is 14.5. The maximum Gasteiger partial charge on any atom is 0.243 e. The Morgan fingerprint density at radius 3 is 1.96 bits per heavy atom. The number of amides is 2. The van der Waals surface area contributed by atoms with Gasteiger partial charge in [-0.3, -0.25) is 14.5 Å². The van der Waals surface area contributed by atoms with Crippen molar-refractivity contribution >= 4 is 27.5 Å². The Bertz CT molecular complexity index is 721. The zero-order valence-electron chi connectivity index (χ0n) is 13.6. The van der Waals surface area contributed by atoms with Gasteiger partial charge in [0.05, 0.1) is 10.6 Å². The van der Waals surface area contributed by atoms with E-state index < -0.39 is 10.0 Å². The molecule has 1 aromatic carbocycles. The van der Waals surface area contributed by atoms with E-state index in [-0.39, 0.29) is 29.6 Å². The molecule has 0 aromatic heterocycles. The van der Waals surface area contributed by atoms with E-state index in [0.29, 0.717) is 18.8 Å². The first-order chi connectivity index (χ1) is 11.4. The van der Waals surface area contributed by atoms with Gasteiger partial charge in [-0.25, -0.2) is 8.42 Å². The summed E-state index contributed by atoms with van der Waals surface area (Å²) in [5.41, 5.74) is 0.428. The second kappa shape index (κ2) is 6.62. The minimum absolute atomic E-state index is 0.190. The lowest BCUT2D eigenvalue weighted by atomic mass is 10.3. The minimum atomic E-state index is -3.54. The molecular formula is C16H21N3O4S. The summed E-state index contributed by atoms with van der Waals surface area (Å²) >= 11 is 0. The largest absolute Gasteiger partial charge is 0.301 e. The Hall–Kier alpha value is -1.77. The molecule has 0 spiro atoms. The molecule has 2 heterocycles. The van der Waals surface area contributed by atoms with Crippen LogP contribution in [0.25, 0.3) is 0 Å². The van der Waals surface area contributed by atoms with Gasteiger partial charge in [0.15, 0.2) is 0 Å². The van der Waals surface area contributed by atoms with E-state index in [1.807, 2.05) is 0 Å². The van der Waals surface area contributed by atoms with Crippen LogP contribution in [0.15, 0.2) is 29.2 Å². The number of nitrogens with zero attached hydrogens (tertiary/aromatic N) is 3. The van der Waals surface area contributed by atoms with Crippen LogP contribution in [0.3, 0.4) is 0 Å². The van der Waals surface area contributed by atoms with Gasteiger partial charge in [0, 0.05) is 39.0 Å². The molecule has 24 heavy (non-hydrogen) atoms. The van der Waals surface area contributed by atoms with Crippen molar-refractivity contribution < 1.29 is 18.0 Å². The van der Waals surface area contributed by atoms with Crippen molar-refractivity contribution in [2.45, 2.75) is 24.7 Å². The van der Waals surface area contributed by atoms with Crippen LogP contribution in [-0.4, -0.2) is 62.2 Å². The number of likely N-dealkylation sites (N-methyl/N-ethyl adjacent to an activating group) is 1. The van der Waals surface area contributed by atoms with Crippen molar-refractivity contribution in [1.29, 1.82) is 0 Å². The molecule has 7 nitrogen and oxygen atoms in total. The number of carbonyl (C=O) groups is 2. The maximum absolute atomic E-state index is 12.7. The summed E-state index contributed by atoms with van der Waals surface area (Å²) in [5.74, 6) is -0.488. The number of carbonyl (C=O) groups excluding carboxylic acids is 2. The first-order valence-electron chi connectivity index (χ1n) is 8.12. The minimum Gasteiger partial charge on any atom is -0.301 e. The van der Waals surface area contributed by atoms with E-state index in [9.17, 15) is 18.0 Å². The standard InChI is InChI=1S/C16H21N3O4S/c1-2-17-9-11-18(12-10-17)24(22,23)14-5-3-13(4-6-14)19-15(20)7-8-16(19)21/h3-6H,2,7-12H2,1H3. The van der Waals surface area contributed by atoms with Gasteiger partial charge in [-0.15, -0.1) is 0 Å². The third kappa shape index (κ3) is 3.09. The van der Waals surface area contributed by atoms with E-state index >= 15 is 0 Å². The average molecular weight is 351 g/mol. The second-order valence-corrected chi connectivity index (χ2v) is 7.89. The maximum atomic E-state index is 12.7. The lowest BCUT2D eigenvalue weighted by Crippen LogP contribution is -2.48. The van der Waals surface area contributed by atoms with Crippen LogP contribution in [0.4, 0.5) is 5.69 Å². The van der Waals surface area contributed by atoms with E-state index in [1.165, 1.54) is 28.6 Å². The number of hydrogen-bond donors (Lipinski definition) is 0. The smallest absolute Gasteiger partial charge is 0.243 e. The van der Waals surface area contributed by atoms with Crippen molar-refractivity contribution in [3.63, 3.8) is 0 Å². The topological polar surface area (TPSA) is 78.0 Å². The predicted octanol–water partition coefficient (Wildman–Crippen LogP) is 0.666. The third-order valence-corrected chi connectivity index (χ3v) is 6.48. The molecule has 0 saturated carbocycles. The molecule has 3 rings (SSSR count). The van der Waals surface area contributed by atoms with E-state index in [0.717, 1.165) is 24.5 Å². The van der Waals surface area contributed by atoms with Gasteiger partial charge >= 0.3 is 0 Å². The summed E-state index contributed by atoms with van der Waals surface area (Å²) in [5, 5.41) is 0. The highest BCUT2D eigenvalue weighted by molar-refractivity contribution is 7.89. The number of rotatable bonds is 4. The summed E-state index contributed by atoms with van der Waals surface area (Å²) < 4.78 is 26.9. The van der Waals surface area contributed by atoms with Crippen LogP contribution in [0.2, 0.25) is 0 Å². The van der Waals surface area contributed by atoms with E-state index in [1.54, 1.807) is 0 Å². The normalized spacial score (nSPS) is 20.8. The fourth-order valence-corrected chi connectivity index (χ4v) is 4.49. The SMILES string of the molecule is CCN1CCN(S(=O)(=O)c2ccc(N3C(=O)CCC3=O)cc2)CC1. The summed E-state index contributed by atoms with van der Waals surface area (Å²) in [4.78, 5) is 27.0. The lowest BCUT2D eigenvalue weighted by Gasteiger charge is -2.33. The van der Waals surface area contributed by atoms with Crippen LogP contribution < -0.4 is 4.90 Å². The van der Waals surface area contributed by atoms with Crippen LogP contribution in [0.5, 0.6) is 0 Å². The molecule has 0 bridgehead atoms. The Morgan fingerprint density at radius 2 is 1.46 bits per heavy atom. The lowest BCUT2D eigenvalue weighted by molar-refractivity contribution is -0.121. The summed E-state index contributed by atoms with van der Waals surface area (Å²) in [6, 6.07) is 5.98. The summed E-state index contributed by atoms with van der Waals surface area (Å²) in [6.45, 7) is 5.38. The molecule has 0 radical (unpaired) electrons. The van der Waals surface area contributed by atoms with Crippen LogP contribution in [0, 0.1) is 0 Å². The number of hydrogen-bond acceptors (Lipinski definition) is 5. The summed E-state index contributed by atoms with van der Waals surface area (Å²) in [6.07, 6.45) is 0.418. The molecule has 2 aliphatic rings. The predicted molar refractivity (Wildman–Crippen MR) is 89.0 cm³/mol. The van der Waals surface area contributed by atoms with E-state index in [4.69, 9.17) is 0 Å². The Balaban J connectivity index is 1.77. The summed E-state index contributed by atoms with van der Waals surface area (Å²) in [7, 11) is -3.54. The molecule has 0 aliphatic carbocycles. The molecule has 2 saturated heterocycles. The van der Waals surface area contributed by atoms with Gasteiger partial charge in [0.25, 0.3) is 0 Å². The van der Waals surface area contributed by atoms with Gasteiger partial charge < -0.3 is 4.90 Å². The molecule has 0 N–H and O–H groups in total. The first-order valence-corrected chi connectivity index (χ1v) is 9.56. The molecule has 0 unspecified atom stereocenters. The number of sulfonamides is 1. The van der Waals surface area contributed by atoms with Crippen molar-refractivity contribution in [2.75, 3.05) is 37.6 Å². The van der Waals surface area contributed by atoms with Gasteiger partial charge in [-0.1, -0.05) is 6.92 Å². The average Bonchev–Trinajstić information content (AvgIpc) is 2.93. The van der Waals surface area contributed by atoms with Crippen molar-refractivity contribution in [3.05, 3.63) is 24.3 Å². The molecule has 0 atom stereocenters. The zero-order chi connectivity index (χ0) is 17.3. The van der Waals surface area contributed by atoms with Crippen molar-refractivity contribution in [1.82, 2.24) is 9.21 Å². The first kappa shape index (κ1) is 17.1. The van der Waals surface area contributed by atoms with Crippen LogP contribution in [0.1, 0.15) is 19.8 Å². The highest BCUT2D eigenvalue weighted by atomic mass is 32.2. The number of anilines is 1.